The lowest BCUT2D eigenvalue weighted by Gasteiger charge is -2.17. The summed E-state index contributed by atoms with van der Waals surface area (Å²) in [6, 6.07) is 18.6. The number of carbonyl (C=O) groups is 2. The first-order valence-corrected chi connectivity index (χ1v) is 14.2. The normalized spacial score (nSPS) is 10.9. The summed E-state index contributed by atoms with van der Waals surface area (Å²) < 4.78 is 7.13. The molecular formula is C28H30N4O4S2. The molecule has 38 heavy (non-hydrogen) atoms. The van der Waals surface area contributed by atoms with E-state index >= 15 is 0 Å². The third-order valence-electron chi connectivity index (χ3n) is 5.96. The Kier molecular flexibility index (Phi) is 9.19. The molecule has 10 heteroatoms. The van der Waals surface area contributed by atoms with Gasteiger partial charge >= 0.3 is 0 Å². The van der Waals surface area contributed by atoms with Gasteiger partial charge in [0.25, 0.3) is 11.5 Å². The Morgan fingerprint density at radius 2 is 1.71 bits per heavy atom. The molecule has 2 heterocycles. The van der Waals surface area contributed by atoms with Gasteiger partial charge in [-0.05, 0) is 50.6 Å². The summed E-state index contributed by atoms with van der Waals surface area (Å²) in [5, 5.41) is 3.67. The van der Waals surface area contributed by atoms with Crippen molar-refractivity contribution in [1.82, 2.24) is 19.8 Å². The van der Waals surface area contributed by atoms with Crippen molar-refractivity contribution in [3.63, 3.8) is 0 Å². The van der Waals surface area contributed by atoms with Gasteiger partial charge < -0.3 is 15.0 Å². The molecule has 4 aromatic rings. The molecule has 0 unspecified atom stereocenters. The molecule has 4 rings (SSSR count). The Morgan fingerprint density at radius 1 is 1.05 bits per heavy atom. The van der Waals surface area contributed by atoms with E-state index in [1.165, 1.54) is 27.7 Å². The van der Waals surface area contributed by atoms with E-state index in [4.69, 9.17) is 9.72 Å². The van der Waals surface area contributed by atoms with Crippen LogP contribution in [0.3, 0.4) is 0 Å². The minimum Gasteiger partial charge on any atom is -0.492 e. The summed E-state index contributed by atoms with van der Waals surface area (Å²) in [6.07, 6.45) is 0. The molecule has 0 aliphatic carbocycles. The van der Waals surface area contributed by atoms with E-state index in [0.717, 1.165) is 5.75 Å². The highest BCUT2D eigenvalue weighted by atomic mass is 32.2. The molecule has 0 saturated carbocycles. The number of thiophene rings is 1. The molecule has 198 valence electrons. The molecule has 2 amide bonds. The standard InChI is InChI=1S/C28H30N4O4S2/c1-4-31(5-2)27(35)24-19(3)23-25(38-24)30-28(32(26(23)34)20-12-8-6-9-13-20)37-18-22(33)29-16-17-36-21-14-10-7-11-15-21/h6-15H,4-5,16-18H2,1-3H3,(H,29,33). The van der Waals surface area contributed by atoms with E-state index in [1.54, 1.807) is 11.8 Å². The van der Waals surface area contributed by atoms with Gasteiger partial charge in [0.15, 0.2) is 5.16 Å². The summed E-state index contributed by atoms with van der Waals surface area (Å²) in [6.45, 7) is 7.52. The quantitative estimate of drug-likeness (QED) is 0.168. The number of nitrogens with zero attached hydrogens (tertiary/aromatic N) is 3. The second-order valence-electron chi connectivity index (χ2n) is 8.38. The maximum absolute atomic E-state index is 13.8. The molecule has 0 aliphatic rings. The number of fused-ring (bicyclic) bond motifs is 1. The minimum absolute atomic E-state index is 0.0751. The van der Waals surface area contributed by atoms with Gasteiger partial charge in [0, 0.05) is 13.1 Å². The van der Waals surface area contributed by atoms with Crippen molar-refractivity contribution < 1.29 is 14.3 Å². The predicted octanol–water partition coefficient (Wildman–Crippen LogP) is 4.52. The SMILES string of the molecule is CCN(CC)C(=O)c1sc2nc(SCC(=O)NCCOc3ccccc3)n(-c3ccccc3)c(=O)c2c1C. The topological polar surface area (TPSA) is 93.5 Å². The molecule has 0 saturated heterocycles. The molecule has 0 atom stereocenters. The van der Waals surface area contributed by atoms with Crippen LogP contribution < -0.4 is 15.6 Å². The first kappa shape index (κ1) is 27.4. The fourth-order valence-corrected chi connectivity index (χ4v) is 6.01. The zero-order valence-corrected chi connectivity index (χ0v) is 23.2. The largest absolute Gasteiger partial charge is 0.492 e. The van der Waals surface area contributed by atoms with E-state index in [-0.39, 0.29) is 23.1 Å². The number of ether oxygens (including phenoxy) is 1. The van der Waals surface area contributed by atoms with Crippen molar-refractivity contribution in [3.8, 4) is 11.4 Å². The van der Waals surface area contributed by atoms with Crippen molar-refractivity contribution in [2.24, 2.45) is 0 Å². The number of nitrogens with one attached hydrogen (secondary N) is 1. The van der Waals surface area contributed by atoms with Crippen LogP contribution in [0.2, 0.25) is 0 Å². The van der Waals surface area contributed by atoms with Crippen LogP contribution in [0.15, 0.2) is 70.6 Å². The summed E-state index contributed by atoms with van der Waals surface area (Å²) in [4.78, 5) is 47.0. The highest BCUT2D eigenvalue weighted by molar-refractivity contribution is 7.99. The predicted molar refractivity (Wildman–Crippen MR) is 153 cm³/mol. The summed E-state index contributed by atoms with van der Waals surface area (Å²) in [7, 11) is 0. The molecular weight excluding hydrogens is 520 g/mol. The zero-order chi connectivity index (χ0) is 27.1. The maximum atomic E-state index is 13.8. The van der Waals surface area contributed by atoms with Gasteiger partial charge in [-0.1, -0.05) is 48.2 Å². The number of hydrogen-bond acceptors (Lipinski definition) is 7. The van der Waals surface area contributed by atoms with Gasteiger partial charge in [-0.15, -0.1) is 11.3 Å². The van der Waals surface area contributed by atoms with Crippen LogP contribution in [0.25, 0.3) is 15.9 Å². The van der Waals surface area contributed by atoms with Crippen LogP contribution in [-0.2, 0) is 4.79 Å². The highest BCUT2D eigenvalue weighted by Gasteiger charge is 2.24. The monoisotopic (exact) mass is 550 g/mol. The average Bonchev–Trinajstić information content (AvgIpc) is 3.27. The Morgan fingerprint density at radius 3 is 2.37 bits per heavy atom. The Bertz CT molecular complexity index is 1470. The second kappa shape index (κ2) is 12.7. The average molecular weight is 551 g/mol. The molecule has 2 aromatic heterocycles. The Labute approximate surface area is 229 Å². The van der Waals surface area contributed by atoms with Crippen LogP contribution in [0.1, 0.15) is 29.1 Å². The van der Waals surface area contributed by atoms with E-state index in [1.807, 2.05) is 74.5 Å². The van der Waals surface area contributed by atoms with Gasteiger partial charge in [0.2, 0.25) is 5.91 Å². The third kappa shape index (κ3) is 6.08. The van der Waals surface area contributed by atoms with Crippen LogP contribution in [0.4, 0.5) is 0 Å². The fourth-order valence-electron chi connectivity index (χ4n) is 3.98. The molecule has 0 fully saturated rings. The number of hydrogen-bond donors (Lipinski definition) is 1. The lowest BCUT2D eigenvalue weighted by atomic mass is 10.2. The van der Waals surface area contributed by atoms with Gasteiger partial charge in [-0.2, -0.15) is 0 Å². The number of rotatable bonds is 11. The highest BCUT2D eigenvalue weighted by Crippen LogP contribution is 2.31. The maximum Gasteiger partial charge on any atom is 0.267 e. The minimum atomic E-state index is -0.257. The lowest BCUT2D eigenvalue weighted by Crippen LogP contribution is -2.30. The molecule has 0 radical (unpaired) electrons. The van der Waals surface area contributed by atoms with Crippen molar-refractivity contribution in [2.45, 2.75) is 25.9 Å². The van der Waals surface area contributed by atoms with Crippen LogP contribution in [0.5, 0.6) is 5.75 Å². The van der Waals surface area contributed by atoms with E-state index < -0.39 is 0 Å². The van der Waals surface area contributed by atoms with Crippen LogP contribution in [0, 0.1) is 6.92 Å². The number of aromatic nitrogens is 2. The van der Waals surface area contributed by atoms with Gasteiger partial charge in [0.05, 0.1) is 28.2 Å². The number of aryl methyl sites for hydroxylation is 1. The van der Waals surface area contributed by atoms with E-state index in [0.29, 0.717) is 57.7 Å². The first-order valence-electron chi connectivity index (χ1n) is 12.4. The molecule has 0 bridgehead atoms. The Balaban J connectivity index is 1.57. The van der Waals surface area contributed by atoms with Crippen molar-refractivity contribution in [3.05, 3.63) is 81.5 Å². The molecule has 2 aromatic carbocycles. The smallest absolute Gasteiger partial charge is 0.267 e. The van der Waals surface area contributed by atoms with Gasteiger partial charge in [0.1, 0.15) is 17.2 Å². The molecule has 0 spiro atoms. The fraction of sp³-hybridized carbons (Fsp3) is 0.286. The Hall–Kier alpha value is -3.63. The molecule has 0 aliphatic heterocycles. The van der Waals surface area contributed by atoms with Crippen molar-refractivity contribution in [1.29, 1.82) is 0 Å². The van der Waals surface area contributed by atoms with E-state index in [2.05, 4.69) is 5.32 Å². The molecule has 8 nitrogen and oxygen atoms in total. The lowest BCUT2D eigenvalue weighted by molar-refractivity contribution is -0.118. The first-order chi connectivity index (χ1) is 18.4. The van der Waals surface area contributed by atoms with Crippen LogP contribution >= 0.6 is 23.1 Å². The summed E-state index contributed by atoms with van der Waals surface area (Å²) in [5.74, 6) is 0.518. The number of thioether (sulfide) groups is 1. The van der Waals surface area contributed by atoms with Crippen molar-refractivity contribution in [2.75, 3.05) is 32.0 Å². The number of carbonyl (C=O) groups excluding carboxylic acids is 2. The summed E-state index contributed by atoms with van der Waals surface area (Å²) >= 11 is 2.41. The summed E-state index contributed by atoms with van der Waals surface area (Å²) in [5.41, 5.74) is 1.03. The van der Waals surface area contributed by atoms with Crippen molar-refractivity contribution >= 4 is 45.1 Å². The number of amides is 2. The van der Waals surface area contributed by atoms with Crippen LogP contribution in [-0.4, -0.2) is 58.3 Å². The van der Waals surface area contributed by atoms with Gasteiger partial charge in [-0.3, -0.25) is 19.0 Å². The zero-order valence-electron chi connectivity index (χ0n) is 21.6. The second-order valence-corrected chi connectivity index (χ2v) is 10.3. The number of benzene rings is 2. The van der Waals surface area contributed by atoms with E-state index in [9.17, 15) is 14.4 Å². The number of para-hydroxylation sites is 2. The third-order valence-corrected chi connectivity index (χ3v) is 8.07. The van der Waals surface area contributed by atoms with Gasteiger partial charge in [-0.25, -0.2) is 4.98 Å². The molecule has 1 N–H and O–H groups in total.